The van der Waals surface area contributed by atoms with Crippen LogP contribution in [-0.4, -0.2) is 25.1 Å². The van der Waals surface area contributed by atoms with Gasteiger partial charge in [-0.25, -0.2) is 0 Å². The third-order valence-electron chi connectivity index (χ3n) is 3.10. The summed E-state index contributed by atoms with van der Waals surface area (Å²) < 4.78 is 5.12. The fourth-order valence-electron chi connectivity index (χ4n) is 1.94. The Morgan fingerprint density at radius 1 is 1.44 bits per heavy atom. The van der Waals surface area contributed by atoms with Crippen molar-refractivity contribution in [3.63, 3.8) is 0 Å². The third kappa shape index (κ3) is 3.43. The Hall–Kier alpha value is -1.62. The average molecular weight is 252 g/mol. The second-order valence-electron chi connectivity index (χ2n) is 4.60. The van der Waals surface area contributed by atoms with Crippen LogP contribution >= 0.6 is 0 Å². The smallest absolute Gasteiger partial charge is 0.272 e. The van der Waals surface area contributed by atoms with E-state index in [2.05, 4.69) is 19.2 Å². The van der Waals surface area contributed by atoms with Gasteiger partial charge < -0.3 is 10.1 Å². The average Bonchev–Trinajstić information content (AvgIpc) is 2.34. The van der Waals surface area contributed by atoms with Gasteiger partial charge in [-0.1, -0.05) is 13.8 Å². The topological polar surface area (TPSA) is 64.4 Å². The molecule has 1 atom stereocenters. The van der Waals surface area contributed by atoms with Gasteiger partial charge in [-0.3, -0.25) is 10.1 Å². The summed E-state index contributed by atoms with van der Waals surface area (Å²) in [5.41, 5.74) is 0.851. The highest BCUT2D eigenvalue weighted by atomic mass is 16.6. The molecule has 1 rings (SSSR count). The van der Waals surface area contributed by atoms with Gasteiger partial charge in [-0.2, -0.15) is 0 Å². The standard InChI is InChI=1S/C13H20N2O3/c1-9(2)12(14-3)8-10-7-11(18-4)5-6-13(10)15(16)17/h5-7,9,12,14H,8H2,1-4H3. The molecule has 0 radical (unpaired) electrons. The highest BCUT2D eigenvalue weighted by Crippen LogP contribution is 2.26. The normalized spacial score (nSPS) is 12.5. The summed E-state index contributed by atoms with van der Waals surface area (Å²) in [7, 11) is 3.43. The summed E-state index contributed by atoms with van der Waals surface area (Å²) in [4.78, 5) is 10.7. The predicted molar refractivity (Wildman–Crippen MR) is 71.0 cm³/mol. The zero-order valence-electron chi connectivity index (χ0n) is 11.3. The van der Waals surface area contributed by atoms with E-state index in [1.54, 1.807) is 19.2 Å². The first-order valence-corrected chi connectivity index (χ1v) is 5.98. The summed E-state index contributed by atoms with van der Waals surface area (Å²) in [5.74, 6) is 1.05. The van der Waals surface area contributed by atoms with E-state index in [0.717, 1.165) is 0 Å². The first-order chi connectivity index (χ1) is 8.49. The molecule has 18 heavy (non-hydrogen) atoms. The molecular formula is C13H20N2O3. The molecule has 0 aliphatic rings. The largest absolute Gasteiger partial charge is 0.497 e. The summed E-state index contributed by atoms with van der Waals surface area (Å²) in [5, 5.41) is 14.2. The molecule has 0 aliphatic carbocycles. The number of nitro benzene ring substituents is 1. The van der Waals surface area contributed by atoms with Crippen molar-refractivity contribution < 1.29 is 9.66 Å². The van der Waals surface area contributed by atoms with Crippen LogP contribution in [0.4, 0.5) is 5.69 Å². The number of hydrogen-bond donors (Lipinski definition) is 1. The van der Waals surface area contributed by atoms with E-state index < -0.39 is 0 Å². The fraction of sp³-hybridized carbons (Fsp3) is 0.538. The van der Waals surface area contributed by atoms with Crippen molar-refractivity contribution in [2.75, 3.05) is 14.2 Å². The number of benzene rings is 1. The van der Waals surface area contributed by atoms with Crippen molar-refractivity contribution in [1.29, 1.82) is 0 Å². The van der Waals surface area contributed by atoms with Gasteiger partial charge in [0.05, 0.1) is 12.0 Å². The number of ether oxygens (including phenoxy) is 1. The zero-order chi connectivity index (χ0) is 13.7. The molecule has 1 N–H and O–H groups in total. The molecule has 0 spiro atoms. The van der Waals surface area contributed by atoms with E-state index in [0.29, 0.717) is 23.7 Å². The predicted octanol–water partition coefficient (Wildman–Crippen LogP) is 2.39. The lowest BCUT2D eigenvalue weighted by molar-refractivity contribution is -0.385. The van der Waals surface area contributed by atoms with E-state index in [-0.39, 0.29) is 16.7 Å². The molecule has 1 aromatic rings. The van der Waals surface area contributed by atoms with Gasteiger partial charge in [0, 0.05) is 17.7 Å². The number of nitrogens with zero attached hydrogens (tertiary/aromatic N) is 1. The van der Waals surface area contributed by atoms with Crippen molar-refractivity contribution in [2.24, 2.45) is 5.92 Å². The maximum atomic E-state index is 11.0. The molecule has 0 fully saturated rings. The van der Waals surface area contributed by atoms with E-state index in [1.165, 1.54) is 6.07 Å². The first kappa shape index (κ1) is 14.4. The summed E-state index contributed by atoms with van der Waals surface area (Å²) in [6.07, 6.45) is 0.613. The number of nitrogens with one attached hydrogen (secondary N) is 1. The molecule has 100 valence electrons. The van der Waals surface area contributed by atoms with Crippen LogP contribution in [0.3, 0.4) is 0 Å². The maximum absolute atomic E-state index is 11.0. The minimum atomic E-state index is -0.345. The van der Waals surface area contributed by atoms with Crippen molar-refractivity contribution in [3.8, 4) is 5.75 Å². The number of likely N-dealkylation sites (N-methyl/N-ethyl adjacent to an activating group) is 1. The molecule has 1 unspecified atom stereocenters. The molecule has 0 aliphatic heterocycles. The molecule has 0 saturated carbocycles. The Balaban J connectivity index is 3.07. The number of nitro groups is 1. The molecule has 0 saturated heterocycles. The number of hydrogen-bond acceptors (Lipinski definition) is 4. The molecule has 5 heteroatoms. The summed E-state index contributed by atoms with van der Waals surface area (Å²) in [6, 6.07) is 5.06. The lowest BCUT2D eigenvalue weighted by Gasteiger charge is -2.20. The van der Waals surface area contributed by atoms with Crippen LogP contribution in [0.25, 0.3) is 0 Å². The lowest BCUT2D eigenvalue weighted by Crippen LogP contribution is -2.32. The molecular weight excluding hydrogens is 232 g/mol. The van der Waals surface area contributed by atoms with Gasteiger partial charge in [-0.15, -0.1) is 0 Å². The lowest BCUT2D eigenvalue weighted by atomic mass is 9.95. The number of methoxy groups -OCH3 is 1. The highest BCUT2D eigenvalue weighted by molar-refractivity contribution is 5.45. The van der Waals surface area contributed by atoms with Gasteiger partial charge in [-0.05, 0) is 31.5 Å². The van der Waals surface area contributed by atoms with Crippen molar-refractivity contribution in [2.45, 2.75) is 26.3 Å². The van der Waals surface area contributed by atoms with E-state index in [9.17, 15) is 10.1 Å². The second kappa shape index (κ2) is 6.35. The molecule has 0 bridgehead atoms. The van der Waals surface area contributed by atoms with Gasteiger partial charge in [0.15, 0.2) is 0 Å². The van der Waals surface area contributed by atoms with Crippen molar-refractivity contribution >= 4 is 5.69 Å². The Morgan fingerprint density at radius 2 is 2.11 bits per heavy atom. The monoisotopic (exact) mass is 252 g/mol. The molecule has 5 nitrogen and oxygen atoms in total. The van der Waals surface area contributed by atoms with Crippen LogP contribution in [0.1, 0.15) is 19.4 Å². The third-order valence-corrected chi connectivity index (χ3v) is 3.10. The Kier molecular flexibility index (Phi) is 5.09. The van der Waals surface area contributed by atoms with Gasteiger partial charge in [0.1, 0.15) is 5.75 Å². The van der Waals surface area contributed by atoms with E-state index >= 15 is 0 Å². The molecule has 1 aromatic carbocycles. The number of rotatable bonds is 6. The van der Waals surface area contributed by atoms with Crippen LogP contribution in [0, 0.1) is 16.0 Å². The summed E-state index contributed by atoms with van der Waals surface area (Å²) in [6.45, 7) is 4.18. The van der Waals surface area contributed by atoms with E-state index in [4.69, 9.17) is 4.74 Å². The molecule has 0 aromatic heterocycles. The maximum Gasteiger partial charge on any atom is 0.272 e. The van der Waals surface area contributed by atoms with Crippen LogP contribution in [-0.2, 0) is 6.42 Å². The zero-order valence-corrected chi connectivity index (χ0v) is 11.3. The van der Waals surface area contributed by atoms with Gasteiger partial charge >= 0.3 is 0 Å². The van der Waals surface area contributed by atoms with Crippen molar-refractivity contribution in [3.05, 3.63) is 33.9 Å². The summed E-state index contributed by atoms with van der Waals surface area (Å²) >= 11 is 0. The van der Waals surface area contributed by atoms with Crippen LogP contribution in [0.15, 0.2) is 18.2 Å². The Morgan fingerprint density at radius 3 is 2.56 bits per heavy atom. The minimum absolute atomic E-state index is 0.150. The van der Waals surface area contributed by atoms with Crippen LogP contribution in [0.5, 0.6) is 5.75 Å². The highest BCUT2D eigenvalue weighted by Gasteiger charge is 2.19. The molecule has 0 heterocycles. The second-order valence-corrected chi connectivity index (χ2v) is 4.60. The first-order valence-electron chi connectivity index (χ1n) is 5.98. The van der Waals surface area contributed by atoms with Crippen LogP contribution < -0.4 is 10.1 Å². The fourth-order valence-corrected chi connectivity index (χ4v) is 1.94. The van der Waals surface area contributed by atoms with Crippen LogP contribution in [0.2, 0.25) is 0 Å². The molecule has 0 amide bonds. The minimum Gasteiger partial charge on any atom is -0.497 e. The van der Waals surface area contributed by atoms with Gasteiger partial charge in [0.2, 0.25) is 0 Å². The SMILES string of the molecule is CNC(Cc1cc(OC)ccc1[N+](=O)[O-])C(C)C. The van der Waals surface area contributed by atoms with Crippen molar-refractivity contribution in [1.82, 2.24) is 5.32 Å². The Bertz CT molecular complexity index is 419. The van der Waals surface area contributed by atoms with E-state index in [1.807, 2.05) is 7.05 Å². The quantitative estimate of drug-likeness (QED) is 0.623. The Labute approximate surface area is 107 Å². The van der Waals surface area contributed by atoms with Gasteiger partial charge in [0.25, 0.3) is 5.69 Å².